The largest absolute Gasteiger partial charge is 0.493 e. The predicted molar refractivity (Wildman–Crippen MR) is 123 cm³/mol. The molecule has 0 unspecified atom stereocenters. The van der Waals surface area contributed by atoms with Crippen molar-refractivity contribution in [1.82, 2.24) is 10.3 Å². The Morgan fingerprint density at radius 1 is 0.938 bits per heavy atom. The van der Waals surface area contributed by atoms with Crippen LogP contribution in [0.5, 0.6) is 11.5 Å². The number of oxazole rings is 1. The summed E-state index contributed by atoms with van der Waals surface area (Å²) >= 11 is 0. The third-order valence-corrected chi connectivity index (χ3v) is 5.33. The van der Waals surface area contributed by atoms with Crippen molar-refractivity contribution in [3.05, 3.63) is 89.3 Å². The van der Waals surface area contributed by atoms with E-state index in [2.05, 4.69) is 22.4 Å². The molecule has 1 aromatic heterocycles. The van der Waals surface area contributed by atoms with Gasteiger partial charge in [0, 0.05) is 18.5 Å². The fraction of sp³-hybridized carbons (Fsp3) is 0.231. The number of benzene rings is 3. The number of hydrogen-bond acceptors (Lipinski definition) is 5. The van der Waals surface area contributed by atoms with E-state index < -0.39 is 0 Å². The molecule has 3 aromatic carbocycles. The van der Waals surface area contributed by atoms with Gasteiger partial charge >= 0.3 is 0 Å². The van der Waals surface area contributed by atoms with Crippen molar-refractivity contribution in [2.75, 3.05) is 20.8 Å². The number of aromatic nitrogens is 1. The topological polar surface area (TPSA) is 73.6 Å². The molecule has 32 heavy (non-hydrogen) atoms. The first-order valence-electron chi connectivity index (χ1n) is 10.6. The SMILES string of the molecule is COc1cccc(CCNC(=O)c2ccc3oc(CCc4ccccc4)nc3c2)c1OC. The number of methoxy groups -OCH3 is 2. The first-order chi connectivity index (χ1) is 15.7. The smallest absolute Gasteiger partial charge is 0.251 e. The third kappa shape index (κ3) is 4.91. The van der Waals surface area contributed by atoms with Gasteiger partial charge in [-0.05, 0) is 48.2 Å². The second kappa shape index (κ2) is 10.0. The Kier molecular flexibility index (Phi) is 6.70. The highest BCUT2D eigenvalue weighted by molar-refractivity contribution is 5.97. The highest BCUT2D eigenvalue weighted by Gasteiger charge is 2.13. The maximum Gasteiger partial charge on any atom is 0.251 e. The van der Waals surface area contributed by atoms with Crippen LogP contribution in [0.1, 0.15) is 27.4 Å². The summed E-state index contributed by atoms with van der Waals surface area (Å²) in [7, 11) is 3.22. The van der Waals surface area contributed by atoms with Gasteiger partial charge in [0.1, 0.15) is 5.52 Å². The van der Waals surface area contributed by atoms with Crippen LogP contribution >= 0.6 is 0 Å². The Bertz CT molecular complexity index is 1200. The average Bonchev–Trinajstić information content (AvgIpc) is 3.25. The lowest BCUT2D eigenvalue weighted by Crippen LogP contribution is -2.25. The predicted octanol–water partition coefficient (Wildman–Crippen LogP) is 4.60. The summed E-state index contributed by atoms with van der Waals surface area (Å²) in [5.41, 5.74) is 4.14. The van der Waals surface area contributed by atoms with E-state index in [1.165, 1.54) is 5.56 Å². The molecule has 6 heteroatoms. The number of para-hydroxylation sites is 1. The number of nitrogens with one attached hydrogen (secondary N) is 1. The van der Waals surface area contributed by atoms with Crippen LogP contribution in [-0.4, -0.2) is 31.7 Å². The van der Waals surface area contributed by atoms with Crippen LogP contribution in [0.4, 0.5) is 0 Å². The zero-order valence-electron chi connectivity index (χ0n) is 18.3. The lowest BCUT2D eigenvalue weighted by molar-refractivity contribution is 0.0954. The van der Waals surface area contributed by atoms with Gasteiger partial charge in [0.2, 0.25) is 0 Å². The van der Waals surface area contributed by atoms with Gasteiger partial charge in [0.25, 0.3) is 5.91 Å². The Morgan fingerprint density at radius 3 is 2.56 bits per heavy atom. The molecule has 0 aliphatic rings. The molecule has 0 atom stereocenters. The van der Waals surface area contributed by atoms with Crippen LogP contribution in [-0.2, 0) is 19.3 Å². The number of aryl methyl sites for hydroxylation is 2. The van der Waals surface area contributed by atoms with Crippen LogP contribution in [0, 0.1) is 0 Å². The van der Waals surface area contributed by atoms with Gasteiger partial charge in [-0.3, -0.25) is 4.79 Å². The molecular formula is C26H26N2O4. The molecule has 4 aromatic rings. The molecule has 164 valence electrons. The summed E-state index contributed by atoms with van der Waals surface area (Å²) in [6, 6.07) is 21.3. The molecule has 0 radical (unpaired) electrons. The molecule has 0 saturated carbocycles. The van der Waals surface area contributed by atoms with E-state index in [0.717, 1.165) is 12.0 Å². The molecule has 1 N–H and O–H groups in total. The highest BCUT2D eigenvalue weighted by Crippen LogP contribution is 2.30. The van der Waals surface area contributed by atoms with E-state index in [0.29, 0.717) is 53.4 Å². The van der Waals surface area contributed by atoms with Crippen molar-refractivity contribution < 1.29 is 18.7 Å². The monoisotopic (exact) mass is 430 g/mol. The number of fused-ring (bicyclic) bond motifs is 1. The summed E-state index contributed by atoms with van der Waals surface area (Å²) < 4.78 is 16.6. The van der Waals surface area contributed by atoms with Gasteiger partial charge in [0.15, 0.2) is 23.0 Å². The van der Waals surface area contributed by atoms with Gasteiger partial charge in [-0.1, -0.05) is 42.5 Å². The Labute approximate surface area is 187 Å². The molecule has 0 aliphatic heterocycles. The number of ether oxygens (including phenoxy) is 2. The highest BCUT2D eigenvalue weighted by atomic mass is 16.5. The Balaban J connectivity index is 1.37. The first kappa shape index (κ1) is 21.4. The number of rotatable bonds is 9. The van der Waals surface area contributed by atoms with Gasteiger partial charge in [-0.2, -0.15) is 0 Å². The van der Waals surface area contributed by atoms with Crippen molar-refractivity contribution in [1.29, 1.82) is 0 Å². The summed E-state index contributed by atoms with van der Waals surface area (Å²) in [5, 5.41) is 2.96. The van der Waals surface area contributed by atoms with Crippen LogP contribution in [0.15, 0.2) is 71.1 Å². The van der Waals surface area contributed by atoms with Gasteiger partial charge in [-0.15, -0.1) is 0 Å². The van der Waals surface area contributed by atoms with E-state index in [9.17, 15) is 4.79 Å². The molecule has 6 nitrogen and oxygen atoms in total. The normalized spacial score (nSPS) is 10.8. The van der Waals surface area contributed by atoms with Crippen LogP contribution in [0.25, 0.3) is 11.1 Å². The Hall–Kier alpha value is -3.80. The standard InChI is InChI=1S/C26H26N2O4/c1-30-23-10-6-9-19(25(23)31-2)15-16-27-26(29)20-12-13-22-21(17-20)28-24(32-22)14-11-18-7-4-3-5-8-18/h3-10,12-13,17H,11,14-16H2,1-2H3,(H,27,29). The van der Waals surface area contributed by atoms with Gasteiger partial charge in [-0.25, -0.2) is 4.98 Å². The summed E-state index contributed by atoms with van der Waals surface area (Å²) in [6.07, 6.45) is 2.19. The summed E-state index contributed by atoms with van der Waals surface area (Å²) in [6.45, 7) is 0.474. The number of carbonyl (C=O) groups excluding carboxylic acids is 1. The minimum absolute atomic E-state index is 0.150. The molecule has 0 aliphatic carbocycles. The number of amides is 1. The second-order valence-corrected chi connectivity index (χ2v) is 7.43. The number of hydrogen-bond donors (Lipinski definition) is 1. The van der Waals surface area contributed by atoms with Crippen LogP contribution in [0.3, 0.4) is 0 Å². The maximum absolute atomic E-state index is 12.6. The molecule has 0 bridgehead atoms. The summed E-state index contributed by atoms with van der Waals surface area (Å²) in [5.74, 6) is 1.89. The lowest BCUT2D eigenvalue weighted by Gasteiger charge is -2.12. The van der Waals surface area contributed by atoms with Gasteiger partial charge in [0.05, 0.1) is 14.2 Å². The van der Waals surface area contributed by atoms with E-state index in [1.54, 1.807) is 32.4 Å². The third-order valence-electron chi connectivity index (χ3n) is 5.33. The van der Waals surface area contributed by atoms with Crippen molar-refractivity contribution in [3.63, 3.8) is 0 Å². The minimum Gasteiger partial charge on any atom is -0.493 e. The van der Waals surface area contributed by atoms with Crippen molar-refractivity contribution in [3.8, 4) is 11.5 Å². The quantitative estimate of drug-likeness (QED) is 0.420. The number of nitrogens with zero attached hydrogens (tertiary/aromatic N) is 1. The van der Waals surface area contributed by atoms with E-state index in [-0.39, 0.29) is 5.91 Å². The molecule has 0 fully saturated rings. The second-order valence-electron chi connectivity index (χ2n) is 7.43. The molecular weight excluding hydrogens is 404 g/mol. The summed E-state index contributed by atoms with van der Waals surface area (Å²) in [4.78, 5) is 17.2. The lowest BCUT2D eigenvalue weighted by atomic mass is 10.1. The maximum atomic E-state index is 12.6. The van der Waals surface area contributed by atoms with Crippen LogP contribution in [0.2, 0.25) is 0 Å². The van der Waals surface area contributed by atoms with E-state index in [1.807, 2.05) is 36.4 Å². The molecule has 0 saturated heterocycles. The molecule has 0 spiro atoms. The van der Waals surface area contributed by atoms with Crippen molar-refractivity contribution in [2.45, 2.75) is 19.3 Å². The zero-order chi connectivity index (χ0) is 22.3. The van der Waals surface area contributed by atoms with Crippen molar-refractivity contribution >= 4 is 17.0 Å². The fourth-order valence-electron chi connectivity index (χ4n) is 3.68. The van der Waals surface area contributed by atoms with E-state index in [4.69, 9.17) is 13.9 Å². The van der Waals surface area contributed by atoms with Gasteiger partial charge < -0.3 is 19.2 Å². The average molecular weight is 431 g/mol. The molecule has 4 rings (SSSR count). The molecule has 1 heterocycles. The molecule has 1 amide bonds. The minimum atomic E-state index is -0.150. The first-order valence-corrected chi connectivity index (χ1v) is 10.6. The van der Waals surface area contributed by atoms with E-state index >= 15 is 0 Å². The van der Waals surface area contributed by atoms with Crippen LogP contribution < -0.4 is 14.8 Å². The Morgan fingerprint density at radius 2 is 1.78 bits per heavy atom. The zero-order valence-corrected chi connectivity index (χ0v) is 18.3. The fourth-order valence-corrected chi connectivity index (χ4v) is 3.68. The number of carbonyl (C=O) groups is 1. The van der Waals surface area contributed by atoms with Crippen molar-refractivity contribution in [2.24, 2.45) is 0 Å².